The number of carbonyl (C=O) groups is 3. The summed E-state index contributed by atoms with van der Waals surface area (Å²) in [5.74, 6) is -1.01. The number of nitrogens with one attached hydrogen (secondary N) is 1. The fraction of sp³-hybridized carbons (Fsp3) is 0.438. The van der Waals surface area contributed by atoms with Crippen molar-refractivity contribution in [2.75, 3.05) is 5.32 Å². The van der Waals surface area contributed by atoms with Crippen molar-refractivity contribution in [2.45, 2.75) is 45.8 Å². The van der Waals surface area contributed by atoms with E-state index in [1.54, 1.807) is 6.07 Å². The fourth-order valence-corrected chi connectivity index (χ4v) is 2.72. The Hall–Kier alpha value is -2.37. The second kappa shape index (κ2) is 6.60. The van der Waals surface area contributed by atoms with Crippen LogP contribution in [0.4, 0.5) is 5.69 Å². The second-order valence-corrected chi connectivity index (χ2v) is 5.33. The molecule has 0 aromatic heterocycles. The molecule has 0 radical (unpaired) electrons. The first-order chi connectivity index (χ1) is 10.4. The monoisotopic (exact) mass is 305 g/mol. The highest BCUT2D eigenvalue weighted by Crippen LogP contribution is 2.31. The van der Waals surface area contributed by atoms with Gasteiger partial charge in [0.15, 0.2) is 0 Å². The van der Waals surface area contributed by atoms with Crippen molar-refractivity contribution in [2.24, 2.45) is 0 Å². The molecule has 1 aromatic carbocycles. The largest absolute Gasteiger partial charge is 0.458 e. The van der Waals surface area contributed by atoms with Crippen molar-refractivity contribution in [1.29, 1.82) is 0 Å². The van der Waals surface area contributed by atoms with E-state index in [0.717, 1.165) is 11.1 Å². The van der Waals surface area contributed by atoms with Gasteiger partial charge >= 0.3 is 11.9 Å². The molecular weight excluding hydrogens is 286 g/mol. The van der Waals surface area contributed by atoms with E-state index in [1.165, 1.54) is 20.8 Å². The summed E-state index contributed by atoms with van der Waals surface area (Å²) >= 11 is 0. The molecule has 0 heterocycles. The molecule has 2 unspecified atom stereocenters. The van der Waals surface area contributed by atoms with Gasteiger partial charge in [0.05, 0.1) is 0 Å². The summed E-state index contributed by atoms with van der Waals surface area (Å²) in [6, 6.07) is 5.56. The molecule has 1 aliphatic rings. The molecule has 1 aliphatic carbocycles. The number of amides is 1. The topological polar surface area (TPSA) is 81.7 Å². The van der Waals surface area contributed by atoms with Crippen LogP contribution < -0.4 is 5.32 Å². The van der Waals surface area contributed by atoms with Crippen molar-refractivity contribution < 1.29 is 23.9 Å². The molecule has 0 saturated heterocycles. The quantitative estimate of drug-likeness (QED) is 0.858. The van der Waals surface area contributed by atoms with Gasteiger partial charge in [-0.15, -0.1) is 0 Å². The van der Waals surface area contributed by atoms with E-state index in [1.807, 2.05) is 12.1 Å². The van der Waals surface area contributed by atoms with Gasteiger partial charge in [0.1, 0.15) is 12.2 Å². The number of benzene rings is 1. The number of ether oxygens (including phenoxy) is 2. The molecule has 0 bridgehead atoms. The maximum atomic E-state index is 11.3. The molecule has 0 spiro atoms. The Balaban J connectivity index is 2.32. The smallest absolute Gasteiger partial charge is 0.303 e. The van der Waals surface area contributed by atoms with Gasteiger partial charge in [-0.25, -0.2) is 0 Å². The van der Waals surface area contributed by atoms with Crippen LogP contribution in [0, 0.1) is 0 Å². The lowest BCUT2D eigenvalue weighted by molar-refractivity contribution is -0.165. The normalized spacial score (nSPS) is 19.8. The van der Waals surface area contributed by atoms with Gasteiger partial charge in [-0.05, 0) is 17.2 Å². The molecule has 1 aromatic rings. The Morgan fingerprint density at radius 3 is 2.14 bits per heavy atom. The number of hydrogen-bond donors (Lipinski definition) is 1. The first-order valence-corrected chi connectivity index (χ1v) is 7.09. The Bertz CT molecular complexity index is 611. The van der Waals surface area contributed by atoms with Crippen molar-refractivity contribution in [1.82, 2.24) is 0 Å². The van der Waals surface area contributed by atoms with Crippen molar-refractivity contribution in [3.05, 3.63) is 29.3 Å². The van der Waals surface area contributed by atoms with Crippen LogP contribution in [0.15, 0.2) is 18.2 Å². The van der Waals surface area contributed by atoms with E-state index in [9.17, 15) is 14.4 Å². The van der Waals surface area contributed by atoms with Crippen molar-refractivity contribution >= 4 is 23.5 Å². The Kier molecular flexibility index (Phi) is 4.80. The lowest BCUT2D eigenvalue weighted by Gasteiger charge is -2.32. The summed E-state index contributed by atoms with van der Waals surface area (Å²) in [7, 11) is 0. The van der Waals surface area contributed by atoms with Crippen LogP contribution in [0.1, 0.15) is 31.9 Å². The molecule has 0 fully saturated rings. The Labute approximate surface area is 128 Å². The molecule has 1 N–H and O–H groups in total. The van der Waals surface area contributed by atoms with Crippen LogP contribution >= 0.6 is 0 Å². The van der Waals surface area contributed by atoms with Gasteiger partial charge in [0, 0.05) is 39.3 Å². The van der Waals surface area contributed by atoms with Gasteiger partial charge in [0.25, 0.3) is 0 Å². The molecule has 118 valence electrons. The van der Waals surface area contributed by atoms with E-state index < -0.39 is 24.1 Å². The van der Waals surface area contributed by atoms with E-state index in [-0.39, 0.29) is 5.91 Å². The zero-order valence-electron chi connectivity index (χ0n) is 12.8. The number of rotatable bonds is 3. The van der Waals surface area contributed by atoms with Crippen molar-refractivity contribution in [3.63, 3.8) is 0 Å². The zero-order valence-corrected chi connectivity index (χ0v) is 12.8. The lowest BCUT2D eigenvalue weighted by atomic mass is 9.86. The molecule has 2 rings (SSSR count). The summed E-state index contributed by atoms with van der Waals surface area (Å²) in [6.45, 7) is 4.08. The predicted molar refractivity (Wildman–Crippen MR) is 79.3 cm³/mol. The Morgan fingerprint density at radius 1 is 1.00 bits per heavy atom. The summed E-state index contributed by atoms with van der Waals surface area (Å²) < 4.78 is 10.6. The molecule has 6 heteroatoms. The van der Waals surface area contributed by atoms with E-state index in [0.29, 0.717) is 18.5 Å². The molecular formula is C16H19NO5. The number of esters is 2. The Morgan fingerprint density at radius 2 is 1.59 bits per heavy atom. The first-order valence-electron chi connectivity index (χ1n) is 7.09. The highest BCUT2D eigenvalue weighted by Gasteiger charge is 2.34. The molecule has 1 amide bonds. The van der Waals surface area contributed by atoms with Crippen LogP contribution in [-0.4, -0.2) is 30.1 Å². The van der Waals surface area contributed by atoms with Crippen LogP contribution in [-0.2, 0) is 36.7 Å². The number of hydrogen-bond acceptors (Lipinski definition) is 5. The van der Waals surface area contributed by atoms with Gasteiger partial charge in [-0.2, -0.15) is 0 Å². The highest BCUT2D eigenvalue weighted by molar-refractivity contribution is 5.89. The van der Waals surface area contributed by atoms with E-state index in [4.69, 9.17) is 9.47 Å². The fourth-order valence-electron chi connectivity index (χ4n) is 2.72. The van der Waals surface area contributed by atoms with Crippen LogP contribution in [0.2, 0.25) is 0 Å². The summed E-state index contributed by atoms with van der Waals surface area (Å²) in [6.07, 6.45) is -0.228. The zero-order chi connectivity index (χ0) is 16.3. The number of fused-ring (bicyclic) bond motifs is 1. The van der Waals surface area contributed by atoms with Crippen molar-refractivity contribution in [3.8, 4) is 0 Å². The molecule has 22 heavy (non-hydrogen) atoms. The van der Waals surface area contributed by atoms with Crippen LogP contribution in [0.25, 0.3) is 0 Å². The maximum Gasteiger partial charge on any atom is 0.303 e. The summed E-state index contributed by atoms with van der Waals surface area (Å²) in [5.41, 5.74) is 2.58. The summed E-state index contributed by atoms with van der Waals surface area (Å²) in [5, 5.41) is 2.78. The van der Waals surface area contributed by atoms with Gasteiger partial charge in [-0.1, -0.05) is 12.1 Å². The molecule has 6 nitrogen and oxygen atoms in total. The maximum absolute atomic E-state index is 11.3. The first kappa shape index (κ1) is 16.0. The van der Waals surface area contributed by atoms with Gasteiger partial charge in [0.2, 0.25) is 5.91 Å². The minimum atomic E-state index is -0.552. The minimum Gasteiger partial charge on any atom is -0.458 e. The SMILES string of the molecule is CC(=O)Nc1cccc2c1CC(OC(C)=O)C(OC(C)=O)C2. The molecule has 0 saturated carbocycles. The van der Waals surface area contributed by atoms with Gasteiger partial charge in [-0.3, -0.25) is 14.4 Å². The summed E-state index contributed by atoms with van der Waals surface area (Å²) in [4.78, 5) is 33.8. The van der Waals surface area contributed by atoms with E-state index >= 15 is 0 Å². The molecule has 2 atom stereocenters. The second-order valence-electron chi connectivity index (χ2n) is 5.33. The minimum absolute atomic E-state index is 0.167. The van der Waals surface area contributed by atoms with Gasteiger partial charge < -0.3 is 14.8 Å². The number of anilines is 1. The third kappa shape index (κ3) is 3.84. The molecule has 0 aliphatic heterocycles. The number of carbonyl (C=O) groups excluding carboxylic acids is 3. The predicted octanol–water partition coefficient (Wildman–Crippen LogP) is 1.61. The average molecular weight is 305 g/mol. The van der Waals surface area contributed by atoms with Crippen LogP contribution in [0.3, 0.4) is 0 Å². The van der Waals surface area contributed by atoms with Crippen LogP contribution in [0.5, 0.6) is 0 Å². The lowest BCUT2D eigenvalue weighted by Crippen LogP contribution is -2.41. The van der Waals surface area contributed by atoms with E-state index in [2.05, 4.69) is 5.32 Å². The average Bonchev–Trinajstić information content (AvgIpc) is 2.38. The third-order valence-corrected chi connectivity index (χ3v) is 3.46. The standard InChI is InChI=1S/C16H19NO5/c1-9(18)17-14-6-4-5-12-7-15(21-10(2)19)16(8-13(12)14)22-11(3)20/h4-6,15-16H,7-8H2,1-3H3,(H,17,18). The highest BCUT2D eigenvalue weighted by atomic mass is 16.6. The third-order valence-electron chi connectivity index (χ3n) is 3.46.